The summed E-state index contributed by atoms with van der Waals surface area (Å²) in [6.07, 6.45) is 0.195. The van der Waals surface area contributed by atoms with Crippen molar-refractivity contribution in [2.24, 2.45) is 0 Å². The molecule has 0 aromatic rings. The second-order valence-electron chi connectivity index (χ2n) is 4.29. The van der Waals surface area contributed by atoms with Crippen molar-refractivity contribution in [3.8, 4) is 0 Å². The molecule has 5 nitrogen and oxygen atoms in total. The molecule has 0 bridgehead atoms. The molecule has 2 unspecified atom stereocenters. The molecule has 1 aliphatic rings. The average molecular weight is 216 g/mol. The molecule has 1 saturated heterocycles. The van der Waals surface area contributed by atoms with Gasteiger partial charge in [0.15, 0.2) is 0 Å². The zero-order chi connectivity index (χ0) is 11.7. The molecule has 0 spiro atoms. The van der Waals surface area contributed by atoms with Gasteiger partial charge < -0.3 is 4.74 Å². The van der Waals surface area contributed by atoms with Crippen LogP contribution in [0.15, 0.2) is 0 Å². The molecule has 0 aromatic heterocycles. The highest BCUT2D eigenvalue weighted by atomic mass is 17.3. The van der Waals surface area contributed by atoms with Gasteiger partial charge in [-0.15, -0.1) is 0 Å². The summed E-state index contributed by atoms with van der Waals surface area (Å²) in [6, 6.07) is 0. The van der Waals surface area contributed by atoms with Gasteiger partial charge in [0.2, 0.25) is 11.6 Å². The number of carbonyl (C=O) groups excluding carboxylic acids is 2. The topological polar surface area (TPSA) is 61.8 Å². The van der Waals surface area contributed by atoms with Gasteiger partial charge in [0.05, 0.1) is 12.8 Å². The molecule has 0 aromatic carbocycles. The minimum Gasteiger partial charge on any atom is -0.312 e. The number of hydrogen-bond acceptors (Lipinski definition) is 5. The van der Waals surface area contributed by atoms with E-state index in [9.17, 15) is 9.59 Å². The fourth-order valence-corrected chi connectivity index (χ4v) is 1.70. The van der Waals surface area contributed by atoms with Crippen molar-refractivity contribution in [2.45, 2.75) is 52.1 Å². The van der Waals surface area contributed by atoms with Crippen molar-refractivity contribution in [2.75, 3.05) is 0 Å². The minimum atomic E-state index is -1.09. The van der Waals surface area contributed by atoms with Crippen LogP contribution in [0.2, 0.25) is 0 Å². The number of ketones is 2. The van der Waals surface area contributed by atoms with E-state index in [-0.39, 0.29) is 24.4 Å². The highest BCUT2D eigenvalue weighted by Crippen LogP contribution is 2.36. The van der Waals surface area contributed by atoms with Crippen molar-refractivity contribution >= 4 is 11.6 Å². The number of ether oxygens (including phenoxy) is 1. The Morgan fingerprint density at radius 2 is 1.27 bits per heavy atom. The van der Waals surface area contributed by atoms with Crippen LogP contribution < -0.4 is 0 Å². The molecule has 1 aliphatic heterocycles. The van der Waals surface area contributed by atoms with E-state index in [1.54, 1.807) is 13.8 Å². The normalized spacial score (nSPS) is 35.5. The van der Waals surface area contributed by atoms with Crippen LogP contribution in [-0.2, 0) is 24.1 Å². The van der Waals surface area contributed by atoms with Crippen LogP contribution in [0.3, 0.4) is 0 Å². The number of carbonyl (C=O) groups is 2. The van der Waals surface area contributed by atoms with Crippen LogP contribution in [-0.4, -0.2) is 23.1 Å². The second kappa shape index (κ2) is 4.00. The molecule has 1 heterocycles. The van der Waals surface area contributed by atoms with Gasteiger partial charge in [-0.1, -0.05) is 0 Å². The second-order valence-corrected chi connectivity index (χ2v) is 4.29. The molecule has 15 heavy (non-hydrogen) atoms. The van der Waals surface area contributed by atoms with Gasteiger partial charge in [-0.25, -0.2) is 0 Å². The van der Waals surface area contributed by atoms with Gasteiger partial charge in [0, 0.05) is 0 Å². The monoisotopic (exact) mass is 216 g/mol. The van der Waals surface area contributed by atoms with Crippen molar-refractivity contribution in [1.29, 1.82) is 0 Å². The summed E-state index contributed by atoms with van der Waals surface area (Å²) in [6.45, 7) is 6.11. The third-order valence-electron chi connectivity index (χ3n) is 1.97. The number of Topliss-reactive ketones (excluding diaryl/α,β-unsaturated/α-hetero) is 2. The van der Waals surface area contributed by atoms with E-state index in [0.29, 0.717) is 0 Å². The van der Waals surface area contributed by atoms with Crippen LogP contribution in [0.5, 0.6) is 0 Å². The average Bonchev–Trinajstić information content (AvgIpc) is 2.22. The third kappa shape index (κ3) is 3.37. The summed E-state index contributed by atoms with van der Waals surface area (Å²) in [5, 5.41) is 0. The summed E-state index contributed by atoms with van der Waals surface area (Å²) in [4.78, 5) is 31.9. The summed E-state index contributed by atoms with van der Waals surface area (Å²) in [5.74, 6) is -2.30. The minimum absolute atomic E-state index is 0.0619. The Balaban J connectivity index is 2.64. The predicted molar refractivity (Wildman–Crippen MR) is 50.7 cm³/mol. The Hall–Kier alpha value is -0.780. The Morgan fingerprint density at radius 3 is 1.53 bits per heavy atom. The lowest BCUT2D eigenvalue weighted by Gasteiger charge is -2.22. The number of hydrogen-bond donors (Lipinski definition) is 0. The van der Waals surface area contributed by atoms with Crippen LogP contribution in [0.4, 0.5) is 0 Å². The SMILES string of the molecule is CC(=O)CC1(C)OOC(C)(CC(C)=O)O1. The highest BCUT2D eigenvalue weighted by Gasteiger charge is 2.48. The quantitative estimate of drug-likeness (QED) is 0.664. The Labute approximate surface area is 88.6 Å². The third-order valence-corrected chi connectivity index (χ3v) is 1.97. The van der Waals surface area contributed by atoms with Crippen molar-refractivity contribution < 1.29 is 24.1 Å². The van der Waals surface area contributed by atoms with E-state index >= 15 is 0 Å². The first kappa shape index (κ1) is 12.3. The molecule has 0 aliphatic carbocycles. The van der Waals surface area contributed by atoms with E-state index in [2.05, 4.69) is 0 Å². The fourth-order valence-electron chi connectivity index (χ4n) is 1.70. The first-order chi connectivity index (χ1) is 6.75. The lowest BCUT2D eigenvalue weighted by Crippen LogP contribution is -2.34. The largest absolute Gasteiger partial charge is 0.312 e. The standard InChI is InChI=1S/C10H16O5/c1-7(11)5-9(3)13-10(4,15-14-9)6-8(2)12/h5-6H2,1-4H3. The Morgan fingerprint density at radius 1 is 0.933 bits per heavy atom. The summed E-state index contributed by atoms with van der Waals surface area (Å²) >= 11 is 0. The molecule has 0 N–H and O–H groups in total. The molecule has 0 amide bonds. The van der Waals surface area contributed by atoms with Crippen LogP contribution in [0.1, 0.15) is 40.5 Å². The molecule has 1 rings (SSSR count). The van der Waals surface area contributed by atoms with Crippen molar-refractivity contribution in [3.63, 3.8) is 0 Å². The Kier molecular flexibility index (Phi) is 3.28. The first-order valence-corrected chi connectivity index (χ1v) is 4.81. The maximum Gasteiger partial charge on any atom is 0.208 e. The molecule has 2 atom stereocenters. The smallest absolute Gasteiger partial charge is 0.208 e. The lowest BCUT2D eigenvalue weighted by atomic mass is 10.1. The van der Waals surface area contributed by atoms with Crippen molar-refractivity contribution in [1.82, 2.24) is 0 Å². The van der Waals surface area contributed by atoms with E-state index < -0.39 is 11.6 Å². The van der Waals surface area contributed by atoms with E-state index in [1.807, 2.05) is 0 Å². The Bertz CT molecular complexity index is 260. The first-order valence-electron chi connectivity index (χ1n) is 4.81. The highest BCUT2D eigenvalue weighted by molar-refractivity contribution is 5.77. The zero-order valence-corrected chi connectivity index (χ0v) is 9.46. The van der Waals surface area contributed by atoms with Crippen LogP contribution >= 0.6 is 0 Å². The van der Waals surface area contributed by atoms with Gasteiger partial charge >= 0.3 is 0 Å². The summed E-state index contributed by atoms with van der Waals surface area (Å²) in [7, 11) is 0. The lowest BCUT2D eigenvalue weighted by molar-refractivity contribution is -0.343. The summed E-state index contributed by atoms with van der Waals surface area (Å²) < 4.78 is 5.47. The molecule has 5 heteroatoms. The van der Waals surface area contributed by atoms with Crippen molar-refractivity contribution in [3.05, 3.63) is 0 Å². The van der Waals surface area contributed by atoms with Crippen LogP contribution in [0, 0.1) is 0 Å². The van der Waals surface area contributed by atoms with Gasteiger partial charge in [-0.2, -0.15) is 9.78 Å². The number of rotatable bonds is 4. The van der Waals surface area contributed by atoms with Gasteiger partial charge in [0.1, 0.15) is 11.6 Å². The summed E-state index contributed by atoms with van der Waals surface area (Å²) in [5.41, 5.74) is 0. The molecule has 0 saturated carbocycles. The van der Waals surface area contributed by atoms with Gasteiger partial charge in [-0.05, 0) is 27.7 Å². The van der Waals surface area contributed by atoms with Gasteiger partial charge in [-0.3, -0.25) is 9.59 Å². The molecular weight excluding hydrogens is 200 g/mol. The van der Waals surface area contributed by atoms with E-state index in [0.717, 1.165) is 0 Å². The maximum atomic E-state index is 11.0. The van der Waals surface area contributed by atoms with E-state index in [1.165, 1.54) is 13.8 Å². The zero-order valence-electron chi connectivity index (χ0n) is 9.46. The van der Waals surface area contributed by atoms with Gasteiger partial charge in [0.25, 0.3) is 0 Å². The molecule has 0 radical (unpaired) electrons. The molecular formula is C10H16O5. The molecule has 86 valence electrons. The van der Waals surface area contributed by atoms with E-state index in [4.69, 9.17) is 14.5 Å². The molecule has 1 fully saturated rings. The maximum absolute atomic E-state index is 11.0. The predicted octanol–water partition coefficient (Wildman–Crippen LogP) is 1.36. The fraction of sp³-hybridized carbons (Fsp3) is 0.800. The van der Waals surface area contributed by atoms with Crippen LogP contribution in [0.25, 0.3) is 0 Å².